The maximum Gasteiger partial charge on any atom is 0.342 e. The van der Waals surface area contributed by atoms with Crippen molar-refractivity contribution in [3.05, 3.63) is 47.7 Å². The topological polar surface area (TPSA) is 61.6 Å². The predicted octanol–water partition coefficient (Wildman–Crippen LogP) is 3.52. The molecule has 112 valence electrons. The van der Waals surface area contributed by atoms with Crippen molar-refractivity contribution in [2.75, 3.05) is 0 Å². The molecule has 0 spiro atoms. The second kappa shape index (κ2) is 5.99. The van der Waals surface area contributed by atoms with Gasteiger partial charge < -0.3 is 13.9 Å². The van der Waals surface area contributed by atoms with Crippen LogP contribution >= 0.6 is 0 Å². The predicted molar refractivity (Wildman–Crippen MR) is 77.2 cm³/mol. The highest BCUT2D eigenvalue weighted by molar-refractivity contribution is 5.92. The molecule has 0 N–H and O–H groups in total. The van der Waals surface area contributed by atoms with E-state index in [-0.39, 0.29) is 6.61 Å². The van der Waals surface area contributed by atoms with E-state index in [9.17, 15) is 4.79 Å². The average molecular weight is 289 g/mol. The van der Waals surface area contributed by atoms with Crippen LogP contribution in [0.5, 0.6) is 5.75 Å². The highest BCUT2D eigenvalue weighted by Gasteiger charge is 2.21. The van der Waals surface area contributed by atoms with Crippen molar-refractivity contribution in [3.63, 3.8) is 0 Å². The van der Waals surface area contributed by atoms with Crippen molar-refractivity contribution in [1.82, 2.24) is 4.98 Å². The molecule has 21 heavy (non-hydrogen) atoms. The SMILES string of the molecule is Cc1cnc(COc2ccccc2C(=O)OC(C)(C)C)o1. The minimum Gasteiger partial charge on any atom is -0.483 e. The molecule has 5 nitrogen and oxygen atoms in total. The van der Waals surface area contributed by atoms with Crippen LogP contribution in [-0.4, -0.2) is 16.6 Å². The standard InChI is InChI=1S/C16H19NO4/c1-11-9-17-14(20-11)10-19-13-8-6-5-7-12(13)15(18)21-16(2,3)4/h5-9H,10H2,1-4H3. The van der Waals surface area contributed by atoms with Gasteiger partial charge in [0.2, 0.25) is 5.89 Å². The third kappa shape index (κ3) is 4.34. The Kier molecular flexibility index (Phi) is 4.31. The number of esters is 1. The number of ether oxygens (including phenoxy) is 2. The monoisotopic (exact) mass is 289 g/mol. The summed E-state index contributed by atoms with van der Waals surface area (Å²) < 4.78 is 16.3. The van der Waals surface area contributed by atoms with Gasteiger partial charge in [-0.2, -0.15) is 0 Å². The van der Waals surface area contributed by atoms with E-state index < -0.39 is 11.6 Å². The summed E-state index contributed by atoms with van der Waals surface area (Å²) in [5.74, 6) is 1.21. The van der Waals surface area contributed by atoms with E-state index in [1.165, 1.54) is 0 Å². The van der Waals surface area contributed by atoms with Gasteiger partial charge in [-0.3, -0.25) is 0 Å². The molecule has 0 amide bonds. The van der Waals surface area contributed by atoms with E-state index in [0.29, 0.717) is 23.0 Å². The van der Waals surface area contributed by atoms with Gasteiger partial charge in [0.05, 0.1) is 6.20 Å². The van der Waals surface area contributed by atoms with Gasteiger partial charge in [-0.1, -0.05) is 12.1 Å². The quantitative estimate of drug-likeness (QED) is 0.806. The first-order valence-electron chi connectivity index (χ1n) is 6.71. The van der Waals surface area contributed by atoms with Gasteiger partial charge >= 0.3 is 5.97 Å². The molecule has 0 bridgehead atoms. The van der Waals surface area contributed by atoms with Crippen molar-refractivity contribution >= 4 is 5.97 Å². The molecule has 5 heteroatoms. The maximum atomic E-state index is 12.2. The first-order chi connectivity index (χ1) is 9.85. The van der Waals surface area contributed by atoms with Gasteiger partial charge in [-0.05, 0) is 39.8 Å². The normalized spacial score (nSPS) is 11.2. The summed E-state index contributed by atoms with van der Waals surface area (Å²) >= 11 is 0. The highest BCUT2D eigenvalue weighted by Crippen LogP contribution is 2.22. The zero-order chi connectivity index (χ0) is 15.5. The maximum absolute atomic E-state index is 12.2. The van der Waals surface area contributed by atoms with E-state index in [1.54, 1.807) is 30.5 Å². The summed E-state index contributed by atoms with van der Waals surface area (Å²) in [5.41, 5.74) is -0.167. The number of benzene rings is 1. The molecule has 0 unspecified atom stereocenters. The number of aryl methyl sites for hydroxylation is 1. The summed E-state index contributed by atoms with van der Waals surface area (Å²) in [6, 6.07) is 6.95. The molecule has 0 saturated carbocycles. The Morgan fingerprint density at radius 3 is 2.62 bits per heavy atom. The fourth-order valence-corrected chi connectivity index (χ4v) is 1.70. The van der Waals surface area contributed by atoms with Crippen LogP contribution in [0.15, 0.2) is 34.9 Å². The third-order valence-electron chi connectivity index (χ3n) is 2.53. The minimum absolute atomic E-state index is 0.160. The van der Waals surface area contributed by atoms with Crippen LogP contribution < -0.4 is 4.74 Å². The van der Waals surface area contributed by atoms with Gasteiger partial charge in [0, 0.05) is 0 Å². The lowest BCUT2D eigenvalue weighted by Crippen LogP contribution is -2.24. The number of para-hydroxylation sites is 1. The molecule has 0 fully saturated rings. The first-order valence-corrected chi connectivity index (χ1v) is 6.71. The Hall–Kier alpha value is -2.30. The molecule has 0 saturated heterocycles. The lowest BCUT2D eigenvalue weighted by Gasteiger charge is -2.20. The van der Waals surface area contributed by atoms with Gasteiger partial charge in [0.15, 0.2) is 6.61 Å². The summed E-state index contributed by atoms with van der Waals surface area (Å²) in [6.45, 7) is 7.44. The molecule has 1 heterocycles. The Morgan fingerprint density at radius 1 is 1.29 bits per heavy atom. The van der Waals surface area contributed by atoms with Crippen molar-refractivity contribution in [2.45, 2.75) is 39.9 Å². The molecule has 0 aliphatic rings. The zero-order valence-corrected chi connectivity index (χ0v) is 12.7. The van der Waals surface area contributed by atoms with Crippen LogP contribution in [0.2, 0.25) is 0 Å². The zero-order valence-electron chi connectivity index (χ0n) is 12.7. The molecule has 0 aliphatic heterocycles. The lowest BCUT2D eigenvalue weighted by molar-refractivity contribution is 0.00651. The summed E-state index contributed by atoms with van der Waals surface area (Å²) in [5, 5.41) is 0. The number of nitrogens with zero attached hydrogens (tertiary/aromatic N) is 1. The van der Waals surface area contributed by atoms with E-state index in [2.05, 4.69) is 4.98 Å². The van der Waals surface area contributed by atoms with Gasteiger partial charge in [-0.25, -0.2) is 9.78 Å². The van der Waals surface area contributed by atoms with Crippen molar-refractivity contribution in [1.29, 1.82) is 0 Å². The second-order valence-corrected chi connectivity index (χ2v) is 5.65. The van der Waals surface area contributed by atoms with Crippen LogP contribution in [-0.2, 0) is 11.3 Å². The number of aromatic nitrogens is 1. The van der Waals surface area contributed by atoms with Crippen molar-refractivity contribution in [3.8, 4) is 5.75 Å². The smallest absolute Gasteiger partial charge is 0.342 e. The highest BCUT2D eigenvalue weighted by atomic mass is 16.6. The number of hydrogen-bond acceptors (Lipinski definition) is 5. The van der Waals surface area contributed by atoms with Crippen LogP contribution in [0.3, 0.4) is 0 Å². The summed E-state index contributed by atoms with van der Waals surface area (Å²) in [7, 11) is 0. The second-order valence-electron chi connectivity index (χ2n) is 5.65. The van der Waals surface area contributed by atoms with Crippen LogP contribution in [0.1, 0.15) is 42.8 Å². The molecule has 0 atom stereocenters. The number of oxazole rings is 1. The lowest BCUT2D eigenvalue weighted by atomic mass is 10.1. The molecular weight excluding hydrogens is 270 g/mol. The fraction of sp³-hybridized carbons (Fsp3) is 0.375. The molecular formula is C16H19NO4. The molecule has 0 aliphatic carbocycles. The van der Waals surface area contributed by atoms with Crippen LogP contribution in [0, 0.1) is 6.92 Å². The average Bonchev–Trinajstić information content (AvgIpc) is 2.80. The first kappa shape index (κ1) is 15.1. The van der Waals surface area contributed by atoms with Gasteiger partial charge in [0.1, 0.15) is 22.7 Å². The van der Waals surface area contributed by atoms with Gasteiger partial charge in [-0.15, -0.1) is 0 Å². The molecule has 2 aromatic rings. The van der Waals surface area contributed by atoms with E-state index in [4.69, 9.17) is 13.9 Å². The van der Waals surface area contributed by atoms with Crippen LogP contribution in [0.4, 0.5) is 0 Å². The Morgan fingerprint density at radius 2 is 2.00 bits per heavy atom. The van der Waals surface area contributed by atoms with Crippen molar-refractivity contribution < 1.29 is 18.7 Å². The minimum atomic E-state index is -0.552. The largest absolute Gasteiger partial charge is 0.483 e. The number of carbonyl (C=O) groups excluding carboxylic acids is 1. The summed E-state index contributed by atoms with van der Waals surface area (Å²) in [4.78, 5) is 16.2. The van der Waals surface area contributed by atoms with Crippen LogP contribution in [0.25, 0.3) is 0 Å². The van der Waals surface area contributed by atoms with E-state index in [1.807, 2.05) is 27.7 Å². The number of rotatable bonds is 4. The van der Waals surface area contributed by atoms with Gasteiger partial charge in [0.25, 0.3) is 0 Å². The Labute approximate surface area is 123 Å². The fourth-order valence-electron chi connectivity index (χ4n) is 1.70. The third-order valence-corrected chi connectivity index (χ3v) is 2.53. The van der Waals surface area contributed by atoms with Crippen molar-refractivity contribution in [2.24, 2.45) is 0 Å². The Bertz CT molecular complexity index is 625. The molecule has 0 radical (unpaired) electrons. The molecule has 1 aromatic heterocycles. The Balaban J connectivity index is 2.11. The molecule has 1 aromatic carbocycles. The van der Waals surface area contributed by atoms with E-state index >= 15 is 0 Å². The number of carbonyl (C=O) groups is 1. The summed E-state index contributed by atoms with van der Waals surface area (Å²) in [6.07, 6.45) is 1.62. The molecule has 2 rings (SSSR count). The van der Waals surface area contributed by atoms with E-state index in [0.717, 1.165) is 0 Å². The number of hydrogen-bond donors (Lipinski definition) is 0.